The van der Waals surface area contributed by atoms with Crippen LogP contribution in [0.3, 0.4) is 0 Å². The second kappa shape index (κ2) is 21.3. The van der Waals surface area contributed by atoms with Crippen molar-refractivity contribution in [2.24, 2.45) is 0 Å². The molecule has 0 fully saturated rings. The van der Waals surface area contributed by atoms with Gasteiger partial charge in [0, 0.05) is 61.5 Å². The molecule has 0 saturated heterocycles. The van der Waals surface area contributed by atoms with Crippen LogP contribution < -0.4 is 9.30 Å². The van der Waals surface area contributed by atoms with Crippen molar-refractivity contribution in [3.8, 4) is 95.5 Å². The molecule has 11 aromatic carbocycles. The Labute approximate surface area is 579 Å². The van der Waals surface area contributed by atoms with E-state index in [1.807, 2.05) is 0 Å². The van der Waals surface area contributed by atoms with Gasteiger partial charge in [-0.15, -0.1) is 0 Å². The number of aromatic nitrogens is 4. The Morgan fingerprint density at radius 1 is 0.489 bits per heavy atom. The summed E-state index contributed by atoms with van der Waals surface area (Å²) in [7, 11) is 0. The minimum absolute atomic E-state index is 0.0137. The lowest BCUT2D eigenvalue weighted by molar-refractivity contribution is -0.571. The van der Waals surface area contributed by atoms with Crippen LogP contribution in [-0.2, 0) is 10.8 Å². The number of hydrogen-bond acceptors (Lipinski definition) is 2. The first-order valence-electron chi connectivity index (χ1n) is 49.5. The Morgan fingerprint density at radius 2 is 1.15 bits per heavy atom. The maximum absolute atomic E-state index is 10.6. The second-order valence-electron chi connectivity index (χ2n) is 20.8. The SMILES string of the molecule is [2H]c1c([2H])c([2H])c(-c2cnc(-n3c4ccccc4c4ccc(Oc5cccc(-n6[c-][n+](-c7c(-c8c([2H])c(-c9c([2H])c([2H])c([2H])c([2H])c9[2H])c([2H])c(-c9c([2H])c([2H])c([2H])c([2H])c9[2H])c8[2H])cc(C([2H])([2H])[2H])cc7-c7c([2H])c([2H])c8c(c7[2H])C(C([2H])([2H])[2H])(C([2H])([2H])[2H])CC8(C([2H])([2H])[2H])C([2H])([2H])[2H])c7ccc(-c8c(C([2H])([2H])[2H])cccc8C([2H])([2H])[2H])cc76)c5)cc43)cc2C([2H])([2H])[2H])c([2H])c1[2H]. The van der Waals surface area contributed by atoms with Crippen LogP contribution >= 0.6 is 0 Å². The predicted molar refractivity (Wildman–Crippen MR) is 365 cm³/mol. The monoisotopic (exact) mass is 1180 g/mol. The van der Waals surface area contributed by atoms with Crippen LogP contribution in [0.25, 0.3) is 117 Å². The van der Waals surface area contributed by atoms with Gasteiger partial charge >= 0.3 is 0 Å². The van der Waals surface area contributed by atoms with Gasteiger partial charge in [0.05, 0.1) is 62.2 Å². The van der Waals surface area contributed by atoms with Crippen molar-refractivity contribution in [3.63, 3.8) is 0 Å². The van der Waals surface area contributed by atoms with E-state index in [1.54, 1.807) is 41.0 Å². The maximum atomic E-state index is 10.6. The number of aryl methyl sites for hydroxylation is 4. The molecule has 0 unspecified atom stereocenters. The summed E-state index contributed by atoms with van der Waals surface area (Å²) in [4.78, 5) is 4.66. The lowest BCUT2D eigenvalue weighted by Crippen LogP contribution is -2.31. The zero-order valence-electron chi connectivity index (χ0n) is 90.5. The Bertz CT molecular complexity index is 7090. The minimum Gasteiger partial charge on any atom is -0.458 e. The van der Waals surface area contributed by atoms with Crippen molar-refractivity contribution in [1.82, 2.24) is 14.1 Å². The van der Waals surface area contributed by atoms with Crippen LogP contribution in [0.2, 0.25) is 0 Å². The second-order valence-corrected chi connectivity index (χ2v) is 20.8. The molecule has 88 heavy (non-hydrogen) atoms. The molecule has 0 saturated carbocycles. The Balaban J connectivity index is 1.11. The topological polar surface area (TPSA) is 35.9 Å². The fraction of sp³-hybridized carbons (Fsp3) is 0.133. The lowest BCUT2D eigenvalue weighted by Gasteiger charge is -2.23. The van der Waals surface area contributed by atoms with E-state index in [-0.39, 0.29) is 45.2 Å². The molecule has 426 valence electrons. The number of hydrogen-bond donors (Lipinski definition) is 0. The Kier molecular flexibility index (Phi) is 5.90. The van der Waals surface area contributed by atoms with E-state index in [9.17, 15) is 26.0 Å². The van der Waals surface area contributed by atoms with Crippen molar-refractivity contribution in [2.45, 2.75) is 72.1 Å². The fourth-order valence-electron chi connectivity index (χ4n) is 11.3. The fourth-order valence-corrected chi connectivity index (χ4v) is 11.3. The summed E-state index contributed by atoms with van der Waals surface area (Å²) in [6.45, 7) is -29.4. The predicted octanol–water partition coefficient (Wildman–Crippen LogP) is 21.2. The highest BCUT2D eigenvalue weighted by Crippen LogP contribution is 2.51. The molecule has 0 amide bonds. The van der Waals surface area contributed by atoms with Crippen LogP contribution in [0.1, 0.15) is 129 Å². The molecule has 0 aliphatic heterocycles. The normalized spacial score (nSPS) is 21.9. The smallest absolute Gasteiger partial charge is 0.269 e. The van der Waals surface area contributed by atoms with Crippen LogP contribution in [0.15, 0.2) is 254 Å². The number of para-hydroxylation sites is 1. The molecule has 0 radical (unpaired) electrons. The van der Waals surface area contributed by atoms with Crippen molar-refractivity contribution in [1.29, 1.82) is 0 Å². The minimum atomic E-state index is -4.17. The van der Waals surface area contributed by atoms with Crippen LogP contribution in [0.4, 0.5) is 0 Å². The van der Waals surface area contributed by atoms with E-state index in [4.69, 9.17) is 40.4 Å². The summed E-state index contributed by atoms with van der Waals surface area (Å²) in [5, 5.41) is 1.11. The highest BCUT2D eigenvalue weighted by molar-refractivity contribution is 6.09. The van der Waals surface area contributed by atoms with E-state index < -0.39 is 294 Å². The zero-order valence-corrected chi connectivity index (χ0v) is 45.5. The van der Waals surface area contributed by atoms with Gasteiger partial charge in [-0.3, -0.25) is 13.7 Å². The highest BCUT2D eigenvalue weighted by Gasteiger charge is 2.42. The van der Waals surface area contributed by atoms with E-state index in [0.717, 1.165) is 27.5 Å². The molecule has 0 atom stereocenters. The molecule has 5 heteroatoms. The third kappa shape index (κ3) is 9.50. The average molecular weight is 1180 g/mol. The van der Waals surface area contributed by atoms with E-state index in [1.165, 1.54) is 60.7 Å². The quantitative estimate of drug-likeness (QED) is 0.0956. The van der Waals surface area contributed by atoms with Gasteiger partial charge in [0.25, 0.3) is 6.33 Å². The first kappa shape index (κ1) is 24.4. The standard InChI is InChI=1S/C83H68N4O/c1-53-40-70(60-34-38-73-74(46-60)83(7,8)51-82(73,5)6)81(71(41-53)64-44-62(57-24-12-9-13-25-57)43-63(45-64)58-26-14-10-15-27-58)86-52-85(78-47-61(35-39-76(78)86)80-54(2)22-20-23-55(80)3)65-30-21-31-66(48-65)88-67-36-37-69-68-32-18-19-33-75(68)87(77(69)49-67)79-42-56(4)72(50-84-79)59-28-16-11-17-29-59/h9-50H,51H2,1-8H3/i1D3,2D3,3D3,4D3,5D3,6D3,7D3,8D3,9D,10D,11D,12D,13D,14D,15D,16D,17D,24D,25D,26D,27D,28D,29D,34D,38D,43D,44D,45D,46D. The van der Waals surface area contributed by atoms with Crippen LogP contribution in [0, 0.1) is 33.7 Å². The molecule has 3 aromatic heterocycles. The molecular formula is C83H68N4O. The molecule has 0 spiro atoms. The van der Waals surface area contributed by atoms with Gasteiger partial charge in [-0.05, 0) is 200 Å². The Hall–Kier alpha value is -10.4. The van der Waals surface area contributed by atoms with Gasteiger partial charge < -0.3 is 4.74 Å². The van der Waals surface area contributed by atoms with Crippen molar-refractivity contribution in [3.05, 3.63) is 294 Å². The van der Waals surface area contributed by atoms with Gasteiger partial charge in [-0.1, -0.05) is 208 Å². The number of pyridine rings is 1. The molecule has 0 N–H and O–H groups in total. The summed E-state index contributed by atoms with van der Waals surface area (Å²) >= 11 is 0. The van der Waals surface area contributed by atoms with Crippen molar-refractivity contribution >= 4 is 32.8 Å². The van der Waals surface area contributed by atoms with E-state index in [0.29, 0.717) is 33.9 Å². The van der Waals surface area contributed by atoms with Crippen molar-refractivity contribution < 1.29 is 71.0 Å². The first-order chi connectivity index (χ1) is 61.3. The number of imidazole rings is 1. The van der Waals surface area contributed by atoms with Crippen LogP contribution in [-0.4, -0.2) is 14.1 Å². The summed E-state index contributed by atoms with van der Waals surface area (Å²) in [5.74, 6) is -0.136. The summed E-state index contributed by atoms with van der Waals surface area (Å²) in [6.07, 6.45) is 2.23. The molecule has 0 bridgehead atoms. The van der Waals surface area contributed by atoms with E-state index >= 15 is 0 Å². The molecule has 1 aliphatic carbocycles. The molecule has 14 aromatic rings. The van der Waals surface area contributed by atoms with Crippen molar-refractivity contribution in [2.75, 3.05) is 0 Å². The lowest BCUT2D eigenvalue weighted by atomic mass is 9.82. The molecule has 15 rings (SSSR count). The molecule has 3 heterocycles. The van der Waals surface area contributed by atoms with Gasteiger partial charge in [0.2, 0.25) is 0 Å². The highest BCUT2D eigenvalue weighted by atomic mass is 16.5. The summed E-state index contributed by atoms with van der Waals surface area (Å²) in [5.41, 5.74) is -24.3. The maximum Gasteiger partial charge on any atom is 0.269 e. The number of rotatable bonds is 11. The van der Waals surface area contributed by atoms with Gasteiger partial charge in [-0.2, -0.15) is 0 Å². The van der Waals surface area contributed by atoms with E-state index in [2.05, 4.69) is 11.3 Å². The number of nitrogens with zero attached hydrogens (tertiary/aromatic N) is 4. The number of fused-ring (bicyclic) bond motifs is 5. The zero-order chi connectivity index (χ0) is 98.3. The average Bonchev–Trinajstić information content (AvgIpc) is 1.49. The summed E-state index contributed by atoms with van der Waals surface area (Å²) in [6, 6.07) is 3.21. The Morgan fingerprint density at radius 3 is 1.86 bits per heavy atom. The first-order valence-corrected chi connectivity index (χ1v) is 27.0. The van der Waals surface area contributed by atoms with Gasteiger partial charge in [-0.25, -0.2) is 4.98 Å². The number of benzene rings is 11. The van der Waals surface area contributed by atoms with Gasteiger partial charge in [0.1, 0.15) is 17.3 Å². The van der Waals surface area contributed by atoms with Gasteiger partial charge in [0.15, 0.2) is 0 Å². The number of ether oxygens (including phenoxy) is 1. The largest absolute Gasteiger partial charge is 0.458 e. The third-order valence-electron chi connectivity index (χ3n) is 15.2. The summed E-state index contributed by atoms with van der Waals surface area (Å²) < 4.78 is 422. The third-order valence-corrected chi connectivity index (χ3v) is 15.2. The molecule has 1 aliphatic rings. The molecule has 5 nitrogen and oxygen atoms in total. The van der Waals surface area contributed by atoms with Crippen LogP contribution in [0.5, 0.6) is 11.5 Å². The molecular weight excluding hydrogens is 1070 g/mol.